The molecule has 0 radical (unpaired) electrons. The lowest BCUT2D eigenvalue weighted by Gasteiger charge is -2.42. The molecule has 0 aliphatic carbocycles. The number of rotatable bonds is 8. The van der Waals surface area contributed by atoms with Gasteiger partial charge in [0.2, 0.25) is 15.9 Å². The number of halogens is 1. The van der Waals surface area contributed by atoms with E-state index < -0.39 is 38.1 Å². The fourth-order valence-corrected chi connectivity index (χ4v) is 7.01. The van der Waals surface area contributed by atoms with Crippen LogP contribution >= 0.6 is 11.6 Å². The highest BCUT2D eigenvalue weighted by Crippen LogP contribution is 2.29. The topological polar surface area (TPSA) is 154 Å². The number of fused-ring (bicyclic) bond motifs is 1. The summed E-state index contributed by atoms with van der Waals surface area (Å²) in [5.41, 5.74) is 1.11. The molecular formula is C30H37ClN4O8S2. The highest BCUT2D eigenvalue weighted by atomic mass is 35.5. The van der Waals surface area contributed by atoms with Crippen molar-refractivity contribution in [1.82, 2.24) is 14.2 Å². The van der Waals surface area contributed by atoms with Crippen molar-refractivity contribution in [2.75, 3.05) is 50.5 Å². The molecule has 2 aromatic carbocycles. The maximum atomic E-state index is 13.7. The van der Waals surface area contributed by atoms with Crippen LogP contribution in [0.15, 0.2) is 65.8 Å². The number of pyridine rings is 1. The first-order chi connectivity index (χ1) is 21.3. The van der Waals surface area contributed by atoms with E-state index in [0.29, 0.717) is 29.6 Å². The predicted molar refractivity (Wildman–Crippen MR) is 171 cm³/mol. The number of ether oxygens (including phenoxy) is 1. The van der Waals surface area contributed by atoms with Crippen LogP contribution in [0, 0.1) is 5.92 Å². The summed E-state index contributed by atoms with van der Waals surface area (Å²) in [4.78, 5) is 34.6. The Balaban J connectivity index is 0.000000854. The van der Waals surface area contributed by atoms with Gasteiger partial charge in [-0.2, -0.15) is 12.7 Å². The van der Waals surface area contributed by atoms with Crippen LogP contribution in [-0.2, 0) is 34.5 Å². The molecule has 1 atom stereocenters. The summed E-state index contributed by atoms with van der Waals surface area (Å²) in [7, 11) is -7.71. The molecule has 1 N–H and O–H groups in total. The van der Waals surface area contributed by atoms with E-state index in [2.05, 4.69) is 9.88 Å². The fourth-order valence-electron chi connectivity index (χ4n) is 5.40. The van der Waals surface area contributed by atoms with Crippen LogP contribution in [0.2, 0.25) is 5.02 Å². The van der Waals surface area contributed by atoms with E-state index in [4.69, 9.17) is 20.9 Å². The molecule has 45 heavy (non-hydrogen) atoms. The Morgan fingerprint density at radius 2 is 1.64 bits per heavy atom. The Labute approximate surface area is 268 Å². The summed E-state index contributed by atoms with van der Waals surface area (Å²) in [6, 6.07) is 12.9. The molecule has 0 bridgehead atoms. The van der Waals surface area contributed by atoms with E-state index in [0.717, 1.165) is 41.3 Å². The number of piperazine rings is 1. The Morgan fingerprint density at radius 1 is 1.02 bits per heavy atom. The molecular weight excluding hydrogens is 644 g/mol. The van der Waals surface area contributed by atoms with Crippen molar-refractivity contribution >= 4 is 60.1 Å². The van der Waals surface area contributed by atoms with E-state index >= 15 is 0 Å². The quantitative estimate of drug-likeness (QED) is 0.276. The fraction of sp³-hybridized carbons (Fsp3) is 0.433. The molecule has 0 spiro atoms. The summed E-state index contributed by atoms with van der Waals surface area (Å²) >= 11 is 6.07. The van der Waals surface area contributed by atoms with Crippen molar-refractivity contribution in [3.8, 4) is 0 Å². The summed E-state index contributed by atoms with van der Waals surface area (Å²) in [6.07, 6.45) is 6.59. The lowest BCUT2D eigenvalue weighted by atomic mass is 9.94. The summed E-state index contributed by atoms with van der Waals surface area (Å²) < 4.78 is 59.7. The van der Waals surface area contributed by atoms with Crippen molar-refractivity contribution in [1.29, 1.82) is 0 Å². The van der Waals surface area contributed by atoms with Gasteiger partial charge in [0.25, 0.3) is 10.1 Å². The molecule has 2 aliphatic heterocycles. The lowest BCUT2D eigenvalue weighted by Crippen LogP contribution is -2.61. The number of hydrogen-bond donors (Lipinski definition) is 1. The molecule has 0 saturated carbocycles. The van der Waals surface area contributed by atoms with E-state index in [-0.39, 0.29) is 30.5 Å². The zero-order valence-electron chi connectivity index (χ0n) is 25.1. The van der Waals surface area contributed by atoms with Crippen LogP contribution in [0.4, 0.5) is 5.69 Å². The van der Waals surface area contributed by atoms with Gasteiger partial charge in [-0.05, 0) is 72.4 Å². The molecule has 244 valence electrons. The normalized spacial score (nSPS) is 18.4. The third-order valence-corrected chi connectivity index (χ3v) is 9.66. The SMILES string of the molecule is CCCOC(=O)[C@H]1CN(S(=O)(=O)c2ccc3cc(Cl)ccc3c2)CC(=O)N1CC1CCN(c2ccncc2)CC1.CS(=O)(=O)O. The molecule has 1 aromatic heterocycles. The van der Waals surface area contributed by atoms with Gasteiger partial charge in [-0.25, -0.2) is 13.2 Å². The third-order valence-electron chi connectivity index (χ3n) is 7.61. The van der Waals surface area contributed by atoms with Crippen LogP contribution in [0.5, 0.6) is 0 Å². The molecule has 2 aliphatic rings. The molecule has 0 unspecified atom stereocenters. The van der Waals surface area contributed by atoms with Gasteiger partial charge in [0.15, 0.2) is 0 Å². The van der Waals surface area contributed by atoms with Crippen molar-refractivity contribution in [2.24, 2.45) is 5.92 Å². The van der Waals surface area contributed by atoms with Crippen molar-refractivity contribution in [3.63, 3.8) is 0 Å². The summed E-state index contributed by atoms with van der Waals surface area (Å²) in [5.74, 6) is -0.770. The first-order valence-electron chi connectivity index (χ1n) is 14.5. The Kier molecular flexibility index (Phi) is 11.4. The number of benzene rings is 2. The van der Waals surface area contributed by atoms with Gasteiger partial charge < -0.3 is 14.5 Å². The minimum absolute atomic E-state index is 0.0627. The molecule has 3 aromatic rings. The van der Waals surface area contributed by atoms with Gasteiger partial charge in [0, 0.05) is 49.3 Å². The zero-order valence-corrected chi connectivity index (χ0v) is 27.5. The number of hydrogen-bond acceptors (Lipinski definition) is 9. The van der Waals surface area contributed by atoms with Crippen molar-refractivity contribution in [2.45, 2.75) is 37.1 Å². The number of piperidine rings is 1. The molecule has 3 heterocycles. The van der Waals surface area contributed by atoms with E-state index in [1.807, 2.05) is 19.1 Å². The average molecular weight is 681 g/mol. The standard InChI is InChI=1S/C29H33ClN4O5S.CH4O3S/c1-2-15-39-29(36)27-19-33(40(37,38)26-6-4-22-16-24(30)5-3-23(22)17-26)20-28(35)34(27)18-21-9-13-32(14-10-21)25-7-11-31-12-8-25;1-5(2,3)4/h3-8,11-12,16-17,21,27H,2,9-10,13-15,18-20H2,1H3;1H3,(H,2,3,4)/t27-;/m1./s1. The molecule has 15 heteroatoms. The number of anilines is 1. The van der Waals surface area contributed by atoms with Crippen LogP contribution in [0.25, 0.3) is 10.8 Å². The Morgan fingerprint density at radius 3 is 2.29 bits per heavy atom. The van der Waals surface area contributed by atoms with Crippen LogP contribution in [0.3, 0.4) is 0 Å². The number of sulfonamides is 1. The molecule has 2 saturated heterocycles. The minimum Gasteiger partial charge on any atom is -0.464 e. The number of esters is 1. The lowest BCUT2D eigenvalue weighted by molar-refractivity contribution is -0.159. The number of carbonyl (C=O) groups is 2. The zero-order chi connectivity index (χ0) is 32.8. The Bertz CT molecular complexity index is 1710. The number of amides is 1. The highest BCUT2D eigenvalue weighted by molar-refractivity contribution is 7.89. The predicted octanol–water partition coefficient (Wildman–Crippen LogP) is 3.46. The van der Waals surface area contributed by atoms with Gasteiger partial charge in [0.05, 0.1) is 24.3 Å². The van der Waals surface area contributed by atoms with Crippen molar-refractivity contribution < 1.29 is 35.7 Å². The van der Waals surface area contributed by atoms with Crippen LogP contribution in [-0.4, -0.2) is 99.1 Å². The first kappa shape index (κ1) is 34.6. The van der Waals surface area contributed by atoms with Crippen LogP contribution in [0.1, 0.15) is 26.2 Å². The first-order valence-corrected chi connectivity index (χ1v) is 18.2. The average Bonchev–Trinajstić information content (AvgIpc) is 3.00. The number of nitrogens with zero attached hydrogens (tertiary/aromatic N) is 4. The van der Waals surface area contributed by atoms with E-state index in [9.17, 15) is 26.4 Å². The second-order valence-corrected chi connectivity index (χ2v) is 14.9. The Hall–Kier alpha value is -3.30. The highest BCUT2D eigenvalue weighted by Gasteiger charge is 2.43. The maximum Gasteiger partial charge on any atom is 0.330 e. The number of carbonyl (C=O) groups excluding carboxylic acids is 2. The van der Waals surface area contributed by atoms with Crippen molar-refractivity contribution in [3.05, 3.63) is 65.9 Å². The van der Waals surface area contributed by atoms with Gasteiger partial charge in [-0.3, -0.25) is 14.3 Å². The van der Waals surface area contributed by atoms with Gasteiger partial charge >= 0.3 is 5.97 Å². The largest absolute Gasteiger partial charge is 0.464 e. The van der Waals surface area contributed by atoms with Gasteiger partial charge in [0.1, 0.15) is 6.04 Å². The summed E-state index contributed by atoms with van der Waals surface area (Å²) in [5, 5.41) is 2.08. The van der Waals surface area contributed by atoms with E-state index in [1.165, 1.54) is 6.07 Å². The van der Waals surface area contributed by atoms with Gasteiger partial charge in [-0.1, -0.05) is 30.7 Å². The molecule has 1 amide bonds. The second kappa shape index (κ2) is 14.9. The third kappa shape index (κ3) is 9.36. The molecule has 2 fully saturated rings. The van der Waals surface area contributed by atoms with E-state index in [1.54, 1.807) is 47.6 Å². The summed E-state index contributed by atoms with van der Waals surface area (Å²) in [6.45, 7) is 3.67. The molecule has 12 nitrogen and oxygen atoms in total. The molecule has 5 rings (SSSR count). The number of aromatic nitrogens is 1. The minimum atomic E-state index is -4.04. The second-order valence-electron chi connectivity index (χ2n) is 11.0. The van der Waals surface area contributed by atoms with Gasteiger partial charge in [-0.15, -0.1) is 0 Å². The van der Waals surface area contributed by atoms with Crippen LogP contribution < -0.4 is 4.90 Å². The monoisotopic (exact) mass is 680 g/mol. The smallest absolute Gasteiger partial charge is 0.330 e. The maximum absolute atomic E-state index is 13.7.